The average Bonchev–Trinajstić information content (AvgIpc) is 3.52. The van der Waals surface area contributed by atoms with Gasteiger partial charge in [0.05, 0.1) is 11.8 Å². The molecule has 5 nitrogen and oxygen atoms in total. The summed E-state index contributed by atoms with van der Waals surface area (Å²) < 4.78 is 42.8. The zero-order valence-electron chi connectivity index (χ0n) is 19.9. The summed E-state index contributed by atoms with van der Waals surface area (Å²) in [6.45, 7) is 1.71. The van der Waals surface area contributed by atoms with Crippen LogP contribution in [0.15, 0.2) is 76.9 Å². The Morgan fingerprint density at radius 2 is 1.79 bits per heavy atom. The van der Waals surface area contributed by atoms with Crippen LogP contribution in [-0.4, -0.2) is 28.7 Å². The van der Waals surface area contributed by atoms with Crippen molar-refractivity contribution < 1.29 is 22.8 Å². The van der Waals surface area contributed by atoms with Gasteiger partial charge in [0.15, 0.2) is 5.17 Å². The minimum absolute atomic E-state index is 0.0383. The van der Waals surface area contributed by atoms with Crippen molar-refractivity contribution in [3.8, 4) is 0 Å². The van der Waals surface area contributed by atoms with Crippen LogP contribution in [0.5, 0.6) is 0 Å². The maximum atomic E-state index is 14.3. The summed E-state index contributed by atoms with van der Waals surface area (Å²) in [7, 11) is 0. The lowest BCUT2D eigenvalue weighted by atomic mass is 9.86. The third kappa shape index (κ3) is 5.15. The summed E-state index contributed by atoms with van der Waals surface area (Å²) in [5.74, 6) is 0.368. The molecule has 38 heavy (non-hydrogen) atoms. The maximum Gasteiger partial charge on any atom is 0.435 e. The normalized spacial score (nSPS) is 21.1. The van der Waals surface area contributed by atoms with Gasteiger partial charge in [-0.3, -0.25) is 9.79 Å². The number of hydrogen-bond donors (Lipinski definition) is 1. The molecule has 196 valence electrons. The molecule has 0 saturated heterocycles. The highest BCUT2D eigenvalue weighted by molar-refractivity contribution is 8.14. The molecule has 0 aromatic heterocycles. The predicted molar refractivity (Wildman–Crippen MR) is 144 cm³/mol. The van der Waals surface area contributed by atoms with Crippen molar-refractivity contribution in [1.29, 1.82) is 0 Å². The first-order chi connectivity index (χ1) is 18.1. The van der Waals surface area contributed by atoms with Gasteiger partial charge in [-0.25, -0.2) is 0 Å². The summed E-state index contributed by atoms with van der Waals surface area (Å²) in [6.07, 6.45) is -5.37. The maximum absolute atomic E-state index is 14.3. The lowest BCUT2D eigenvalue weighted by Crippen LogP contribution is -2.42. The third-order valence-electron chi connectivity index (χ3n) is 6.37. The zero-order chi connectivity index (χ0) is 27.1. The summed E-state index contributed by atoms with van der Waals surface area (Å²) in [6, 6.07) is 18.2. The first-order valence-electron chi connectivity index (χ1n) is 11.5. The fourth-order valence-electron chi connectivity index (χ4n) is 4.40. The molecule has 2 heterocycles. The summed E-state index contributed by atoms with van der Waals surface area (Å²) in [5, 5.41) is 7.25. The van der Waals surface area contributed by atoms with Gasteiger partial charge in [-0.05, 0) is 53.9 Å². The van der Waals surface area contributed by atoms with Gasteiger partial charge in [-0.15, -0.1) is 0 Å². The van der Waals surface area contributed by atoms with E-state index in [9.17, 15) is 18.0 Å². The average molecular weight is 578 g/mol. The molecule has 0 bridgehead atoms. The van der Waals surface area contributed by atoms with Crippen LogP contribution in [0.4, 0.5) is 13.2 Å². The number of nitrogens with zero attached hydrogens (tertiary/aromatic N) is 2. The highest BCUT2D eigenvalue weighted by Gasteiger charge is 2.62. The van der Waals surface area contributed by atoms with E-state index in [1.807, 2.05) is 30.3 Å². The number of amides is 1. The van der Waals surface area contributed by atoms with Crippen molar-refractivity contribution in [2.24, 2.45) is 10.1 Å². The van der Waals surface area contributed by atoms with E-state index in [1.165, 1.54) is 30.0 Å². The summed E-state index contributed by atoms with van der Waals surface area (Å²) in [5.41, 5.74) is -0.444. The number of amidine groups is 1. The smallest absolute Gasteiger partial charge is 0.374 e. The highest BCUT2D eigenvalue weighted by Crippen LogP contribution is 2.49. The van der Waals surface area contributed by atoms with E-state index >= 15 is 0 Å². The molecule has 0 fully saturated rings. The monoisotopic (exact) mass is 577 g/mol. The van der Waals surface area contributed by atoms with Crippen molar-refractivity contribution >= 4 is 51.8 Å². The minimum Gasteiger partial charge on any atom is -0.374 e. The van der Waals surface area contributed by atoms with E-state index in [0.717, 1.165) is 11.3 Å². The fraction of sp³-hybridized carbons (Fsp3) is 0.222. The molecule has 2 aliphatic rings. The van der Waals surface area contributed by atoms with Gasteiger partial charge in [0, 0.05) is 33.3 Å². The van der Waals surface area contributed by atoms with E-state index in [1.54, 1.807) is 25.1 Å². The molecule has 0 aliphatic carbocycles. The Balaban J connectivity index is 1.34. The van der Waals surface area contributed by atoms with Gasteiger partial charge in [-0.2, -0.15) is 13.2 Å². The highest BCUT2D eigenvalue weighted by atomic mass is 35.5. The third-order valence-corrected chi connectivity index (χ3v) is 7.77. The van der Waals surface area contributed by atoms with E-state index in [-0.39, 0.29) is 33.3 Å². The van der Waals surface area contributed by atoms with Crippen molar-refractivity contribution in [2.75, 3.05) is 5.75 Å². The molecular formula is C27H20Cl2F3N3O2S. The number of oxime groups is 1. The molecule has 3 aromatic carbocycles. The number of nitrogens with one attached hydrogen (secondary N) is 1. The number of thioether (sulfide) groups is 1. The van der Waals surface area contributed by atoms with Gasteiger partial charge in [0.1, 0.15) is 0 Å². The van der Waals surface area contributed by atoms with Gasteiger partial charge in [0.2, 0.25) is 0 Å². The summed E-state index contributed by atoms with van der Waals surface area (Å²) in [4.78, 5) is 22.6. The molecule has 11 heteroatoms. The van der Waals surface area contributed by atoms with Crippen LogP contribution in [0.2, 0.25) is 10.0 Å². The Hall–Kier alpha value is -3.01. The molecule has 0 spiro atoms. The molecule has 5 rings (SSSR count). The van der Waals surface area contributed by atoms with Crippen molar-refractivity contribution in [1.82, 2.24) is 5.32 Å². The van der Waals surface area contributed by atoms with Gasteiger partial charge in [-0.1, -0.05) is 76.5 Å². The van der Waals surface area contributed by atoms with E-state index in [4.69, 9.17) is 28.0 Å². The number of rotatable bonds is 4. The Morgan fingerprint density at radius 1 is 1.08 bits per heavy atom. The summed E-state index contributed by atoms with van der Waals surface area (Å²) >= 11 is 13.4. The van der Waals surface area contributed by atoms with Crippen LogP contribution >= 0.6 is 35.0 Å². The van der Waals surface area contributed by atoms with Crippen molar-refractivity contribution in [3.63, 3.8) is 0 Å². The SMILES string of the molecule is Cc1cc(C2=NOC(c3cc(Cl)cc(Cl)c3)(C(F)(F)F)C2)ccc1C(=O)NC1=NC(c2ccccc2)CS1. The number of hydrogen-bond acceptors (Lipinski definition) is 5. The van der Waals surface area contributed by atoms with Crippen LogP contribution in [0.25, 0.3) is 0 Å². The van der Waals surface area contributed by atoms with Gasteiger partial charge in [0.25, 0.3) is 11.5 Å². The largest absolute Gasteiger partial charge is 0.435 e. The van der Waals surface area contributed by atoms with Crippen LogP contribution in [0.3, 0.4) is 0 Å². The Kier molecular flexibility index (Phi) is 7.19. The van der Waals surface area contributed by atoms with E-state index in [0.29, 0.717) is 21.9 Å². The van der Waals surface area contributed by atoms with Crippen LogP contribution in [0, 0.1) is 6.92 Å². The number of halogens is 5. The number of alkyl halides is 3. The predicted octanol–water partition coefficient (Wildman–Crippen LogP) is 7.46. The van der Waals surface area contributed by atoms with Crippen LogP contribution < -0.4 is 5.32 Å². The van der Waals surface area contributed by atoms with E-state index in [2.05, 4.69) is 15.5 Å². The van der Waals surface area contributed by atoms with Gasteiger partial charge < -0.3 is 10.2 Å². The minimum atomic E-state index is -4.79. The first kappa shape index (κ1) is 26.6. The molecule has 0 saturated carbocycles. The second-order valence-electron chi connectivity index (χ2n) is 8.94. The molecular weight excluding hydrogens is 558 g/mol. The molecule has 0 radical (unpaired) electrons. The Morgan fingerprint density at radius 3 is 2.45 bits per heavy atom. The van der Waals surface area contributed by atoms with Crippen molar-refractivity contribution in [2.45, 2.75) is 31.2 Å². The zero-order valence-corrected chi connectivity index (χ0v) is 22.2. The molecule has 2 unspecified atom stereocenters. The number of aliphatic imine (C=N–C) groups is 1. The number of benzene rings is 3. The molecule has 3 aromatic rings. The topological polar surface area (TPSA) is 63.0 Å². The molecule has 2 atom stereocenters. The number of carbonyl (C=O) groups is 1. The van der Waals surface area contributed by atoms with Crippen LogP contribution in [-0.2, 0) is 10.4 Å². The lowest BCUT2D eigenvalue weighted by molar-refractivity contribution is -0.275. The quantitative estimate of drug-likeness (QED) is 0.350. The first-order valence-corrected chi connectivity index (χ1v) is 13.3. The number of aryl methyl sites for hydroxylation is 1. The molecule has 1 N–H and O–H groups in total. The van der Waals surface area contributed by atoms with E-state index < -0.39 is 18.2 Å². The molecule has 2 aliphatic heterocycles. The lowest BCUT2D eigenvalue weighted by Gasteiger charge is -2.29. The van der Waals surface area contributed by atoms with Crippen LogP contribution in [0.1, 0.15) is 45.1 Å². The Bertz CT molecular complexity index is 1440. The number of carbonyl (C=O) groups excluding carboxylic acids is 1. The van der Waals surface area contributed by atoms with Crippen molar-refractivity contribution in [3.05, 3.63) is 105 Å². The second kappa shape index (κ2) is 10.3. The molecule has 1 amide bonds. The Labute approximate surface area is 231 Å². The fourth-order valence-corrected chi connectivity index (χ4v) is 5.87. The standard InChI is InChI=1S/C27H20Cl2F3N3O2S/c1-15-9-17(22-13-26(37-35-22,27(30,31)32)18-10-19(28)12-20(29)11-18)7-8-21(15)24(36)34-25-33-23(14-38-25)16-5-3-2-4-6-16/h2-12,23H,13-14H2,1H3,(H,33,34,36). The second-order valence-corrected chi connectivity index (χ2v) is 10.8. The van der Waals surface area contributed by atoms with Gasteiger partial charge >= 0.3 is 6.18 Å².